The summed E-state index contributed by atoms with van der Waals surface area (Å²) in [5.41, 5.74) is 0.245. The third-order valence-corrected chi connectivity index (χ3v) is 5.40. The zero-order valence-electron chi connectivity index (χ0n) is 13.4. The number of nitrogens with zero attached hydrogens (tertiary/aromatic N) is 1. The molecule has 8 heteroatoms. The number of fused-ring (bicyclic) bond motifs is 1. The minimum absolute atomic E-state index is 0.235. The van der Waals surface area contributed by atoms with Crippen molar-refractivity contribution in [2.45, 2.75) is 36.3 Å². The fourth-order valence-electron chi connectivity index (χ4n) is 3.49. The summed E-state index contributed by atoms with van der Waals surface area (Å²) in [6.07, 6.45) is 3.19. The van der Waals surface area contributed by atoms with Gasteiger partial charge in [0.1, 0.15) is 6.54 Å². The molecule has 25 heavy (non-hydrogen) atoms. The number of anilines is 1. The Morgan fingerprint density at radius 2 is 1.76 bits per heavy atom. The molecule has 1 aromatic rings. The normalized spacial score (nSPS) is 23.1. The molecule has 1 aromatic carbocycles. The van der Waals surface area contributed by atoms with E-state index < -0.39 is 11.7 Å². The standard InChI is InChI=1S/C17H18F2N2O3S/c18-17(19)25-13-8-4-3-7-12(13)20-14(22)9-21-15(23)10-5-1-2-6-11(10)16(21)24/h3-4,7-8,10-11,17H,1-2,5-6,9H2,(H,20,22). The number of halogens is 2. The van der Waals surface area contributed by atoms with E-state index in [1.165, 1.54) is 12.1 Å². The second-order valence-electron chi connectivity index (χ2n) is 6.18. The monoisotopic (exact) mass is 368 g/mol. The van der Waals surface area contributed by atoms with Crippen molar-refractivity contribution >= 4 is 35.2 Å². The number of thioether (sulfide) groups is 1. The lowest BCUT2D eigenvalue weighted by Crippen LogP contribution is -2.38. The van der Waals surface area contributed by atoms with Gasteiger partial charge in [-0.1, -0.05) is 36.7 Å². The minimum atomic E-state index is -2.61. The van der Waals surface area contributed by atoms with Crippen molar-refractivity contribution in [3.63, 3.8) is 0 Å². The number of imide groups is 1. The van der Waals surface area contributed by atoms with Gasteiger partial charge in [-0.05, 0) is 25.0 Å². The molecule has 2 fully saturated rings. The van der Waals surface area contributed by atoms with Crippen LogP contribution in [0.5, 0.6) is 0 Å². The SMILES string of the molecule is O=C(CN1C(=O)C2CCCCC2C1=O)Nc1ccccc1SC(F)F. The Morgan fingerprint density at radius 1 is 1.16 bits per heavy atom. The zero-order valence-corrected chi connectivity index (χ0v) is 14.2. The molecule has 1 saturated carbocycles. The Kier molecular flexibility index (Phi) is 5.36. The van der Waals surface area contributed by atoms with Crippen LogP contribution in [0.3, 0.4) is 0 Å². The fourth-order valence-corrected chi connectivity index (χ4v) is 4.08. The minimum Gasteiger partial charge on any atom is -0.324 e. The van der Waals surface area contributed by atoms with Crippen LogP contribution >= 0.6 is 11.8 Å². The Morgan fingerprint density at radius 3 is 2.36 bits per heavy atom. The highest BCUT2D eigenvalue weighted by Crippen LogP contribution is 2.38. The van der Waals surface area contributed by atoms with E-state index >= 15 is 0 Å². The molecule has 1 aliphatic carbocycles. The van der Waals surface area contributed by atoms with Crippen LogP contribution in [0.4, 0.5) is 14.5 Å². The summed E-state index contributed by atoms with van der Waals surface area (Å²) >= 11 is 0.332. The highest BCUT2D eigenvalue weighted by atomic mass is 32.2. The number of hydrogen-bond donors (Lipinski definition) is 1. The number of benzene rings is 1. The van der Waals surface area contributed by atoms with Crippen molar-refractivity contribution in [3.8, 4) is 0 Å². The number of para-hydroxylation sites is 1. The molecule has 2 aliphatic rings. The highest BCUT2D eigenvalue weighted by molar-refractivity contribution is 7.99. The number of hydrogen-bond acceptors (Lipinski definition) is 4. The number of likely N-dealkylation sites (tertiary alicyclic amines) is 1. The van der Waals surface area contributed by atoms with E-state index in [2.05, 4.69) is 5.32 Å². The van der Waals surface area contributed by atoms with Gasteiger partial charge in [-0.25, -0.2) is 0 Å². The van der Waals surface area contributed by atoms with Gasteiger partial charge in [0.15, 0.2) is 0 Å². The molecular formula is C17H18F2N2O3S. The molecule has 1 saturated heterocycles. The van der Waals surface area contributed by atoms with Crippen molar-refractivity contribution < 1.29 is 23.2 Å². The van der Waals surface area contributed by atoms with Crippen molar-refractivity contribution in [2.24, 2.45) is 11.8 Å². The number of nitrogens with one attached hydrogen (secondary N) is 1. The summed E-state index contributed by atoms with van der Waals surface area (Å²) in [6.45, 7) is -0.377. The van der Waals surface area contributed by atoms with Crippen molar-refractivity contribution in [1.82, 2.24) is 4.90 Å². The number of amides is 3. The van der Waals surface area contributed by atoms with Crippen LogP contribution in [0.2, 0.25) is 0 Å². The quantitative estimate of drug-likeness (QED) is 0.641. The first-order valence-corrected chi connectivity index (χ1v) is 9.04. The van der Waals surface area contributed by atoms with Crippen LogP contribution in [-0.4, -0.2) is 34.9 Å². The Hall–Kier alpha value is -1.96. The lowest BCUT2D eigenvalue weighted by atomic mass is 9.81. The zero-order chi connectivity index (χ0) is 18.0. The van der Waals surface area contributed by atoms with E-state index in [0.29, 0.717) is 24.6 Å². The summed E-state index contributed by atoms with van der Waals surface area (Å²) in [7, 11) is 0. The molecule has 2 unspecified atom stereocenters. The van der Waals surface area contributed by atoms with Crippen LogP contribution in [0.25, 0.3) is 0 Å². The summed E-state index contributed by atoms with van der Waals surface area (Å²) in [5, 5.41) is 2.53. The van der Waals surface area contributed by atoms with Crippen LogP contribution < -0.4 is 5.32 Å². The van der Waals surface area contributed by atoms with Crippen molar-refractivity contribution in [3.05, 3.63) is 24.3 Å². The number of carbonyl (C=O) groups excluding carboxylic acids is 3. The summed E-state index contributed by atoms with van der Waals surface area (Å²) in [6, 6.07) is 6.20. The second-order valence-corrected chi connectivity index (χ2v) is 7.21. The molecule has 0 bridgehead atoms. The average Bonchev–Trinajstić information content (AvgIpc) is 2.82. The van der Waals surface area contributed by atoms with Crippen molar-refractivity contribution in [1.29, 1.82) is 0 Å². The number of alkyl halides is 2. The first-order chi connectivity index (χ1) is 12.0. The predicted octanol–water partition coefficient (Wildman–Crippen LogP) is 3.12. The Labute approximate surface area is 148 Å². The molecule has 0 radical (unpaired) electrons. The molecule has 5 nitrogen and oxygen atoms in total. The number of carbonyl (C=O) groups is 3. The summed E-state index contributed by atoms with van der Waals surface area (Å²) < 4.78 is 25.2. The van der Waals surface area contributed by atoms with Crippen LogP contribution in [0, 0.1) is 11.8 Å². The molecule has 134 valence electrons. The van der Waals surface area contributed by atoms with Crippen LogP contribution in [0.1, 0.15) is 25.7 Å². The van der Waals surface area contributed by atoms with Gasteiger partial charge < -0.3 is 5.32 Å². The fraction of sp³-hybridized carbons (Fsp3) is 0.471. The number of rotatable bonds is 5. The molecule has 1 N–H and O–H groups in total. The topological polar surface area (TPSA) is 66.5 Å². The van der Waals surface area contributed by atoms with E-state index in [0.717, 1.165) is 17.7 Å². The van der Waals surface area contributed by atoms with E-state index in [4.69, 9.17) is 0 Å². The largest absolute Gasteiger partial charge is 0.324 e. The van der Waals surface area contributed by atoms with Gasteiger partial charge in [0, 0.05) is 4.90 Å². The third-order valence-electron chi connectivity index (χ3n) is 4.61. The summed E-state index contributed by atoms with van der Waals surface area (Å²) in [5.74, 6) is -4.38. The van der Waals surface area contributed by atoms with E-state index in [9.17, 15) is 23.2 Å². The molecule has 0 aromatic heterocycles. The van der Waals surface area contributed by atoms with E-state index in [1.807, 2.05) is 0 Å². The van der Waals surface area contributed by atoms with E-state index in [-0.39, 0.29) is 40.8 Å². The van der Waals surface area contributed by atoms with Gasteiger partial charge in [-0.2, -0.15) is 8.78 Å². The molecule has 1 heterocycles. The Balaban J connectivity index is 1.67. The molecule has 0 spiro atoms. The van der Waals surface area contributed by atoms with E-state index in [1.54, 1.807) is 12.1 Å². The van der Waals surface area contributed by atoms with Gasteiger partial charge in [0.25, 0.3) is 5.76 Å². The van der Waals surface area contributed by atoms with Crippen molar-refractivity contribution in [2.75, 3.05) is 11.9 Å². The van der Waals surface area contributed by atoms with Gasteiger partial charge >= 0.3 is 0 Å². The van der Waals surface area contributed by atoms with Crippen LogP contribution in [0.15, 0.2) is 29.2 Å². The maximum Gasteiger partial charge on any atom is 0.288 e. The molecule has 2 atom stereocenters. The average molecular weight is 368 g/mol. The molecular weight excluding hydrogens is 350 g/mol. The smallest absolute Gasteiger partial charge is 0.288 e. The molecule has 3 rings (SSSR count). The van der Waals surface area contributed by atoms with Gasteiger partial charge in [0.2, 0.25) is 17.7 Å². The second kappa shape index (κ2) is 7.51. The third kappa shape index (κ3) is 3.84. The molecule has 1 aliphatic heterocycles. The lowest BCUT2D eigenvalue weighted by Gasteiger charge is -2.19. The Bertz CT molecular complexity index is 674. The summed E-state index contributed by atoms with van der Waals surface area (Å²) in [4.78, 5) is 38.2. The first kappa shape index (κ1) is 17.8. The highest BCUT2D eigenvalue weighted by Gasteiger charge is 2.48. The first-order valence-electron chi connectivity index (χ1n) is 8.16. The van der Waals surface area contributed by atoms with Gasteiger partial charge in [-0.15, -0.1) is 0 Å². The lowest BCUT2D eigenvalue weighted by molar-refractivity contribution is -0.142. The maximum absolute atomic E-state index is 12.6. The van der Waals surface area contributed by atoms with Crippen LogP contribution in [-0.2, 0) is 14.4 Å². The maximum atomic E-state index is 12.6. The molecule has 3 amide bonds. The van der Waals surface area contributed by atoms with Gasteiger partial charge in [0.05, 0.1) is 17.5 Å². The predicted molar refractivity (Wildman–Crippen MR) is 89.1 cm³/mol. The van der Waals surface area contributed by atoms with Gasteiger partial charge in [-0.3, -0.25) is 19.3 Å².